The zero-order chi connectivity index (χ0) is 13.1. The summed E-state index contributed by atoms with van der Waals surface area (Å²) in [6.07, 6.45) is 1.21. The van der Waals surface area contributed by atoms with Crippen LogP contribution in [0.5, 0.6) is 0 Å². The summed E-state index contributed by atoms with van der Waals surface area (Å²) in [6, 6.07) is 7.90. The van der Waals surface area contributed by atoms with E-state index in [9.17, 15) is 4.39 Å². The lowest BCUT2D eigenvalue weighted by Gasteiger charge is -2.26. The minimum absolute atomic E-state index is 0.156. The topological polar surface area (TPSA) is 15.3 Å². The third-order valence-electron chi connectivity index (χ3n) is 3.77. The van der Waals surface area contributed by atoms with Crippen molar-refractivity contribution < 1.29 is 4.39 Å². The maximum absolute atomic E-state index is 13.0. The van der Waals surface area contributed by atoms with Gasteiger partial charge >= 0.3 is 0 Å². The van der Waals surface area contributed by atoms with Crippen LogP contribution in [0, 0.1) is 11.7 Å². The van der Waals surface area contributed by atoms with E-state index >= 15 is 0 Å². The Morgan fingerprint density at radius 1 is 1.33 bits per heavy atom. The van der Waals surface area contributed by atoms with Crippen molar-refractivity contribution in [1.82, 2.24) is 10.2 Å². The smallest absolute Gasteiger partial charge is 0.123 e. The first-order valence-corrected chi connectivity index (χ1v) is 6.77. The highest BCUT2D eigenvalue weighted by atomic mass is 19.1. The number of nitrogens with one attached hydrogen (secondary N) is 1. The van der Waals surface area contributed by atoms with Crippen LogP contribution < -0.4 is 5.32 Å². The van der Waals surface area contributed by atoms with E-state index in [1.54, 1.807) is 12.1 Å². The fourth-order valence-corrected chi connectivity index (χ4v) is 2.81. The van der Waals surface area contributed by atoms with Gasteiger partial charge in [0.05, 0.1) is 0 Å². The number of nitrogens with zero attached hydrogens (tertiary/aromatic N) is 1. The molecule has 1 aliphatic heterocycles. The van der Waals surface area contributed by atoms with Crippen LogP contribution in [0.2, 0.25) is 0 Å². The first-order chi connectivity index (χ1) is 8.58. The lowest BCUT2D eigenvalue weighted by molar-refractivity contribution is 0.269. The molecule has 0 aromatic heterocycles. The first kappa shape index (κ1) is 13.5. The molecular weight excluding hydrogens is 227 g/mol. The molecule has 2 atom stereocenters. The van der Waals surface area contributed by atoms with Crippen LogP contribution in [0.3, 0.4) is 0 Å². The SMILES string of the molecule is CC(C)NCC1CCN(C)C1c1ccc(F)cc1. The van der Waals surface area contributed by atoms with E-state index in [1.807, 2.05) is 12.1 Å². The van der Waals surface area contributed by atoms with Gasteiger partial charge in [-0.3, -0.25) is 4.90 Å². The number of benzene rings is 1. The van der Waals surface area contributed by atoms with E-state index in [0.29, 0.717) is 18.0 Å². The van der Waals surface area contributed by atoms with Crippen molar-refractivity contribution in [2.24, 2.45) is 5.92 Å². The van der Waals surface area contributed by atoms with E-state index < -0.39 is 0 Å². The summed E-state index contributed by atoms with van der Waals surface area (Å²) in [5.41, 5.74) is 1.23. The van der Waals surface area contributed by atoms with Gasteiger partial charge in [-0.2, -0.15) is 0 Å². The summed E-state index contributed by atoms with van der Waals surface area (Å²) in [5, 5.41) is 3.52. The lowest BCUT2D eigenvalue weighted by atomic mass is 9.93. The number of hydrogen-bond donors (Lipinski definition) is 1. The van der Waals surface area contributed by atoms with Crippen LogP contribution in [-0.4, -0.2) is 31.1 Å². The van der Waals surface area contributed by atoms with Gasteiger partial charge in [0.1, 0.15) is 5.82 Å². The molecule has 0 spiro atoms. The average Bonchev–Trinajstić information content (AvgIpc) is 2.69. The van der Waals surface area contributed by atoms with Gasteiger partial charge in [0.25, 0.3) is 0 Å². The highest BCUT2D eigenvalue weighted by molar-refractivity contribution is 5.22. The molecule has 18 heavy (non-hydrogen) atoms. The molecule has 1 heterocycles. The third kappa shape index (κ3) is 3.09. The van der Waals surface area contributed by atoms with E-state index in [1.165, 1.54) is 12.0 Å². The van der Waals surface area contributed by atoms with Crippen molar-refractivity contribution in [3.63, 3.8) is 0 Å². The maximum Gasteiger partial charge on any atom is 0.123 e. The van der Waals surface area contributed by atoms with Gasteiger partial charge in [-0.15, -0.1) is 0 Å². The molecule has 2 unspecified atom stereocenters. The standard InChI is InChI=1S/C15H23FN2/c1-11(2)17-10-13-8-9-18(3)15(13)12-4-6-14(16)7-5-12/h4-7,11,13,15,17H,8-10H2,1-3H3. The summed E-state index contributed by atoms with van der Waals surface area (Å²) in [4.78, 5) is 2.37. The summed E-state index contributed by atoms with van der Waals surface area (Å²) < 4.78 is 13.0. The van der Waals surface area contributed by atoms with Crippen LogP contribution in [0.1, 0.15) is 31.9 Å². The summed E-state index contributed by atoms with van der Waals surface area (Å²) in [5.74, 6) is 0.458. The van der Waals surface area contributed by atoms with Crippen LogP contribution >= 0.6 is 0 Å². The fourth-order valence-electron chi connectivity index (χ4n) is 2.81. The van der Waals surface area contributed by atoms with E-state index in [0.717, 1.165) is 13.1 Å². The van der Waals surface area contributed by atoms with Crippen LogP contribution in [0.25, 0.3) is 0 Å². The average molecular weight is 250 g/mol. The molecule has 100 valence electrons. The molecule has 1 N–H and O–H groups in total. The second-order valence-corrected chi connectivity index (χ2v) is 5.59. The minimum atomic E-state index is -0.156. The van der Waals surface area contributed by atoms with Gasteiger partial charge in [-0.05, 0) is 43.6 Å². The van der Waals surface area contributed by atoms with Crippen LogP contribution in [0.4, 0.5) is 4.39 Å². The molecule has 0 radical (unpaired) electrons. The molecule has 1 fully saturated rings. The van der Waals surface area contributed by atoms with E-state index in [-0.39, 0.29) is 5.82 Å². The van der Waals surface area contributed by atoms with Crippen LogP contribution in [0.15, 0.2) is 24.3 Å². The number of rotatable bonds is 4. The molecular formula is C15H23FN2. The molecule has 1 aromatic rings. The Labute approximate surface area is 109 Å². The van der Waals surface area contributed by atoms with Gasteiger partial charge in [0.2, 0.25) is 0 Å². The Bertz CT molecular complexity index is 375. The number of halogens is 1. The van der Waals surface area contributed by atoms with Gasteiger partial charge < -0.3 is 5.32 Å². The molecule has 0 saturated carbocycles. The molecule has 2 rings (SSSR count). The summed E-state index contributed by atoms with van der Waals surface area (Å²) >= 11 is 0. The minimum Gasteiger partial charge on any atom is -0.314 e. The van der Waals surface area contributed by atoms with Crippen molar-refractivity contribution in [2.45, 2.75) is 32.4 Å². The van der Waals surface area contributed by atoms with E-state index in [2.05, 4.69) is 31.1 Å². The van der Waals surface area contributed by atoms with Gasteiger partial charge in [-0.25, -0.2) is 4.39 Å². The third-order valence-corrected chi connectivity index (χ3v) is 3.77. The van der Waals surface area contributed by atoms with Gasteiger partial charge in [0, 0.05) is 18.6 Å². The predicted molar refractivity (Wildman–Crippen MR) is 73.0 cm³/mol. The Balaban J connectivity index is 2.09. The number of hydrogen-bond acceptors (Lipinski definition) is 2. The molecule has 1 aliphatic rings. The Hall–Kier alpha value is -0.930. The largest absolute Gasteiger partial charge is 0.314 e. The van der Waals surface area contributed by atoms with Gasteiger partial charge in [-0.1, -0.05) is 26.0 Å². The lowest BCUT2D eigenvalue weighted by Crippen LogP contribution is -2.32. The highest BCUT2D eigenvalue weighted by Gasteiger charge is 2.32. The monoisotopic (exact) mass is 250 g/mol. The normalized spacial score (nSPS) is 24.9. The van der Waals surface area contributed by atoms with Crippen molar-refractivity contribution in [3.8, 4) is 0 Å². The fraction of sp³-hybridized carbons (Fsp3) is 0.600. The quantitative estimate of drug-likeness (QED) is 0.884. The predicted octanol–water partition coefficient (Wildman–Crippen LogP) is 2.82. The second-order valence-electron chi connectivity index (χ2n) is 5.59. The Morgan fingerprint density at radius 2 is 2.00 bits per heavy atom. The number of likely N-dealkylation sites (tertiary alicyclic amines) is 1. The molecule has 0 bridgehead atoms. The molecule has 0 aliphatic carbocycles. The Kier molecular flexibility index (Phi) is 4.36. The van der Waals surface area contributed by atoms with Crippen molar-refractivity contribution in [2.75, 3.05) is 20.1 Å². The van der Waals surface area contributed by atoms with Crippen molar-refractivity contribution in [3.05, 3.63) is 35.6 Å². The van der Waals surface area contributed by atoms with E-state index in [4.69, 9.17) is 0 Å². The molecule has 1 aromatic carbocycles. The van der Waals surface area contributed by atoms with Crippen molar-refractivity contribution >= 4 is 0 Å². The first-order valence-electron chi connectivity index (χ1n) is 6.77. The zero-order valence-electron chi connectivity index (χ0n) is 11.5. The van der Waals surface area contributed by atoms with Crippen LogP contribution in [-0.2, 0) is 0 Å². The van der Waals surface area contributed by atoms with Gasteiger partial charge in [0.15, 0.2) is 0 Å². The maximum atomic E-state index is 13.0. The Morgan fingerprint density at radius 3 is 2.61 bits per heavy atom. The molecule has 2 nitrogen and oxygen atoms in total. The summed E-state index contributed by atoms with van der Waals surface area (Å²) in [6.45, 7) is 6.49. The molecule has 0 amide bonds. The molecule has 1 saturated heterocycles. The highest BCUT2D eigenvalue weighted by Crippen LogP contribution is 2.35. The van der Waals surface area contributed by atoms with Crippen molar-refractivity contribution in [1.29, 1.82) is 0 Å². The molecule has 3 heteroatoms. The summed E-state index contributed by atoms with van der Waals surface area (Å²) in [7, 11) is 2.16. The zero-order valence-corrected chi connectivity index (χ0v) is 11.5. The second kappa shape index (κ2) is 5.81.